The number of aliphatic hydroxyl groups is 2. The second kappa shape index (κ2) is 3.14. The van der Waals surface area contributed by atoms with Gasteiger partial charge >= 0.3 is 11.9 Å². The first kappa shape index (κ1) is 8.86. The van der Waals surface area contributed by atoms with Crippen molar-refractivity contribution in [3.63, 3.8) is 0 Å². The molecule has 0 bridgehead atoms. The van der Waals surface area contributed by atoms with Crippen LogP contribution >= 0.6 is 0 Å². The SMILES string of the molecule is O=C(O)C(C(=O)O)C(O)O. The van der Waals surface area contributed by atoms with Crippen LogP contribution < -0.4 is 0 Å². The van der Waals surface area contributed by atoms with Gasteiger partial charge in [0, 0.05) is 0 Å². The minimum atomic E-state index is -2.37. The number of rotatable bonds is 3. The summed E-state index contributed by atoms with van der Waals surface area (Å²) in [6.45, 7) is 0. The molecule has 0 aromatic carbocycles. The molecule has 0 atom stereocenters. The predicted molar refractivity (Wildman–Crippen MR) is 27.0 cm³/mol. The van der Waals surface area contributed by atoms with E-state index in [9.17, 15) is 9.59 Å². The molecule has 10 heavy (non-hydrogen) atoms. The highest BCUT2D eigenvalue weighted by molar-refractivity contribution is 5.93. The van der Waals surface area contributed by atoms with E-state index in [1.807, 2.05) is 0 Å². The summed E-state index contributed by atoms with van der Waals surface area (Å²) in [6, 6.07) is 0. The molecule has 0 unspecified atom stereocenters. The molecule has 0 radical (unpaired) electrons. The normalized spacial score (nSPS) is 10.4. The summed E-state index contributed by atoms with van der Waals surface area (Å²) in [7, 11) is 0. The Kier molecular flexibility index (Phi) is 2.78. The van der Waals surface area contributed by atoms with Gasteiger partial charge in [0.2, 0.25) is 5.92 Å². The molecule has 0 amide bonds. The Morgan fingerprint density at radius 2 is 1.30 bits per heavy atom. The monoisotopic (exact) mass is 150 g/mol. The van der Waals surface area contributed by atoms with Gasteiger partial charge in [0.1, 0.15) is 0 Å². The Morgan fingerprint density at radius 1 is 1.00 bits per heavy atom. The average molecular weight is 150 g/mol. The lowest BCUT2D eigenvalue weighted by atomic mass is 10.1. The Balaban J connectivity index is 4.27. The van der Waals surface area contributed by atoms with Gasteiger partial charge < -0.3 is 20.4 Å². The number of aliphatic carboxylic acids is 2. The number of hydrogen-bond donors (Lipinski definition) is 4. The lowest BCUT2D eigenvalue weighted by molar-refractivity contribution is -0.173. The fourth-order valence-corrected chi connectivity index (χ4v) is 0.361. The number of carbonyl (C=O) groups is 2. The van der Waals surface area contributed by atoms with Gasteiger partial charge in [-0.15, -0.1) is 0 Å². The van der Waals surface area contributed by atoms with Gasteiger partial charge in [0.05, 0.1) is 0 Å². The minimum Gasteiger partial charge on any atom is -0.480 e. The van der Waals surface area contributed by atoms with Crippen molar-refractivity contribution in [2.45, 2.75) is 6.29 Å². The van der Waals surface area contributed by atoms with E-state index in [0.29, 0.717) is 0 Å². The third-order valence-corrected chi connectivity index (χ3v) is 0.830. The maximum atomic E-state index is 9.88. The molecule has 0 saturated carbocycles. The van der Waals surface area contributed by atoms with E-state index in [0.717, 1.165) is 0 Å². The van der Waals surface area contributed by atoms with Crippen molar-refractivity contribution in [3.8, 4) is 0 Å². The second-order valence-corrected chi connectivity index (χ2v) is 1.57. The zero-order valence-electron chi connectivity index (χ0n) is 4.76. The Morgan fingerprint density at radius 3 is 1.30 bits per heavy atom. The molecule has 6 nitrogen and oxygen atoms in total. The standard InChI is InChI=1S/C4H6O6/c5-2(6)1(3(7)8)4(9)10/h1-2,5-6H,(H,7,8)(H,9,10). The number of aliphatic hydroxyl groups excluding tert-OH is 1. The van der Waals surface area contributed by atoms with Gasteiger partial charge in [0.25, 0.3) is 0 Å². The minimum absolute atomic E-state index is 1.78. The molecule has 4 N–H and O–H groups in total. The lowest BCUT2D eigenvalue weighted by Crippen LogP contribution is -2.34. The maximum Gasteiger partial charge on any atom is 0.323 e. The van der Waals surface area contributed by atoms with E-state index >= 15 is 0 Å². The molecule has 0 aromatic heterocycles. The van der Waals surface area contributed by atoms with Crippen LogP contribution in [0, 0.1) is 5.92 Å². The van der Waals surface area contributed by atoms with Crippen LogP contribution in [0.25, 0.3) is 0 Å². The fourth-order valence-electron chi connectivity index (χ4n) is 0.361. The van der Waals surface area contributed by atoms with Crippen LogP contribution in [0.5, 0.6) is 0 Å². The molecule has 0 saturated heterocycles. The van der Waals surface area contributed by atoms with Crippen molar-refractivity contribution in [2.75, 3.05) is 0 Å². The van der Waals surface area contributed by atoms with Crippen LogP contribution in [-0.4, -0.2) is 38.7 Å². The Bertz CT molecular complexity index is 136. The van der Waals surface area contributed by atoms with Crippen LogP contribution in [0.2, 0.25) is 0 Å². The van der Waals surface area contributed by atoms with Crippen molar-refractivity contribution in [1.82, 2.24) is 0 Å². The van der Waals surface area contributed by atoms with Crippen LogP contribution in [0.15, 0.2) is 0 Å². The molecule has 0 aliphatic heterocycles. The van der Waals surface area contributed by atoms with E-state index < -0.39 is 24.1 Å². The van der Waals surface area contributed by atoms with Gasteiger partial charge in [0.15, 0.2) is 6.29 Å². The maximum absolute atomic E-state index is 9.88. The third kappa shape index (κ3) is 2.00. The molecule has 0 heterocycles. The van der Waals surface area contributed by atoms with Gasteiger partial charge in [-0.05, 0) is 0 Å². The quantitative estimate of drug-likeness (QED) is 0.275. The van der Waals surface area contributed by atoms with Crippen molar-refractivity contribution >= 4 is 11.9 Å². The summed E-state index contributed by atoms with van der Waals surface area (Å²) >= 11 is 0. The van der Waals surface area contributed by atoms with Crippen molar-refractivity contribution in [1.29, 1.82) is 0 Å². The number of hydrogen-bond acceptors (Lipinski definition) is 4. The van der Waals surface area contributed by atoms with Gasteiger partial charge in [-0.1, -0.05) is 0 Å². The van der Waals surface area contributed by atoms with E-state index in [1.54, 1.807) is 0 Å². The zero-order valence-corrected chi connectivity index (χ0v) is 4.76. The van der Waals surface area contributed by atoms with Crippen LogP contribution in [0.4, 0.5) is 0 Å². The topological polar surface area (TPSA) is 115 Å². The first-order valence-electron chi connectivity index (χ1n) is 2.28. The van der Waals surface area contributed by atoms with Crippen LogP contribution in [0.1, 0.15) is 0 Å². The highest BCUT2D eigenvalue weighted by Crippen LogP contribution is 2.00. The summed E-state index contributed by atoms with van der Waals surface area (Å²) in [5.41, 5.74) is 0. The van der Waals surface area contributed by atoms with Crippen molar-refractivity contribution in [3.05, 3.63) is 0 Å². The van der Waals surface area contributed by atoms with Gasteiger partial charge in [-0.2, -0.15) is 0 Å². The van der Waals surface area contributed by atoms with Gasteiger partial charge in [-0.25, -0.2) is 0 Å². The number of carboxylic acid groups (broad SMARTS) is 2. The molecule has 0 rings (SSSR count). The second-order valence-electron chi connectivity index (χ2n) is 1.57. The molecule has 0 aliphatic rings. The van der Waals surface area contributed by atoms with Crippen LogP contribution in [0.3, 0.4) is 0 Å². The van der Waals surface area contributed by atoms with Crippen molar-refractivity contribution in [2.24, 2.45) is 5.92 Å². The largest absolute Gasteiger partial charge is 0.480 e. The predicted octanol–water partition coefficient (Wildman–Crippen LogP) is -1.92. The molecule has 58 valence electrons. The summed E-state index contributed by atoms with van der Waals surface area (Å²) in [5.74, 6) is -5.72. The Labute approximate surface area is 55.3 Å². The van der Waals surface area contributed by atoms with E-state index in [4.69, 9.17) is 20.4 Å². The molecule has 0 aliphatic carbocycles. The molecule has 0 spiro atoms. The molecular formula is C4H6O6. The number of carboxylic acids is 2. The molecular weight excluding hydrogens is 144 g/mol. The summed E-state index contributed by atoms with van der Waals surface area (Å²) in [5, 5.41) is 32.3. The first-order valence-corrected chi connectivity index (χ1v) is 2.28. The van der Waals surface area contributed by atoms with Crippen molar-refractivity contribution < 1.29 is 30.0 Å². The summed E-state index contributed by atoms with van der Waals surface area (Å²) in [6.07, 6.45) is -2.37. The lowest BCUT2D eigenvalue weighted by Gasteiger charge is -2.07. The third-order valence-electron chi connectivity index (χ3n) is 0.830. The fraction of sp³-hybridized carbons (Fsp3) is 0.500. The van der Waals surface area contributed by atoms with E-state index in [1.165, 1.54) is 0 Å². The first-order chi connectivity index (χ1) is 4.46. The van der Waals surface area contributed by atoms with E-state index in [2.05, 4.69) is 0 Å². The molecule has 6 heteroatoms. The van der Waals surface area contributed by atoms with Crippen LogP contribution in [-0.2, 0) is 9.59 Å². The summed E-state index contributed by atoms with van der Waals surface area (Å²) in [4.78, 5) is 19.8. The zero-order chi connectivity index (χ0) is 8.31. The molecule has 0 fully saturated rings. The highest BCUT2D eigenvalue weighted by Gasteiger charge is 2.32. The smallest absolute Gasteiger partial charge is 0.323 e. The highest BCUT2D eigenvalue weighted by atomic mass is 16.5. The molecule has 0 aromatic rings. The van der Waals surface area contributed by atoms with E-state index in [-0.39, 0.29) is 0 Å². The average Bonchev–Trinajstić information content (AvgIpc) is 1.59. The Hall–Kier alpha value is -1.14. The van der Waals surface area contributed by atoms with Gasteiger partial charge in [-0.3, -0.25) is 9.59 Å². The summed E-state index contributed by atoms with van der Waals surface area (Å²) < 4.78 is 0.